The van der Waals surface area contributed by atoms with Crippen molar-refractivity contribution in [3.63, 3.8) is 0 Å². The molecule has 1 aromatic rings. The number of carbonyl (C=O) groups is 1. The normalized spacial score (nSPS) is 16.3. The van der Waals surface area contributed by atoms with E-state index in [-0.39, 0.29) is 36.1 Å². The fourth-order valence-corrected chi connectivity index (χ4v) is 3.88. The van der Waals surface area contributed by atoms with E-state index in [1.54, 1.807) is 17.0 Å². The molecular weight excluding hydrogens is 306 g/mol. The molecule has 1 amide bonds. The van der Waals surface area contributed by atoms with E-state index in [9.17, 15) is 13.2 Å². The van der Waals surface area contributed by atoms with E-state index in [1.165, 1.54) is 23.5 Å². The van der Waals surface area contributed by atoms with Gasteiger partial charge in [0.25, 0.3) is 0 Å². The Kier molecular flexibility index (Phi) is 5.13. The first-order chi connectivity index (χ1) is 10.5. The van der Waals surface area contributed by atoms with Crippen LogP contribution in [0.3, 0.4) is 0 Å². The molecule has 8 heteroatoms. The van der Waals surface area contributed by atoms with Crippen molar-refractivity contribution in [2.75, 3.05) is 39.9 Å². The van der Waals surface area contributed by atoms with Crippen LogP contribution in [-0.2, 0) is 19.6 Å². The number of piperazine rings is 1. The van der Waals surface area contributed by atoms with Gasteiger partial charge in [-0.1, -0.05) is 12.1 Å². The van der Waals surface area contributed by atoms with E-state index < -0.39 is 10.0 Å². The predicted molar refractivity (Wildman–Crippen MR) is 78.4 cm³/mol. The molecule has 1 saturated heterocycles. The highest BCUT2D eigenvalue weighted by atomic mass is 32.2. The Bertz CT molecular complexity index is 688. The third-order valence-corrected chi connectivity index (χ3v) is 5.44. The summed E-state index contributed by atoms with van der Waals surface area (Å²) in [4.78, 5) is 13.3. The number of nitriles is 1. The molecule has 2 rings (SSSR count). The van der Waals surface area contributed by atoms with Gasteiger partial charge in [-0.05, 0) is 12.1 Å². The third-order valence-electron chi connectivity index (χ3n) is 3.48. The summed E-state index contributed by atoms with van der Waals surface area (Å²) < 4.78 is 31.3. The molecule has 0 aliphatic carbocycles. The summed E-state index contributed by atoms with van der Waals surface area (Å²) in [5.41, 5.74) is 0.125. The minimum Gasteiger partial charge on any atom is -0.375 e. The van der Waals surface area contributed by atoms with Gasteiger partial charge in [-0.15, -0.1) is 0 Å². The zero-order valence-corrected chi connectivity index (χ0v) is 13.0. The van der Waals surface area contributed by atoms with E-state index in [0.29, 0.717) is 13.1 Å². The van der Waals surface area contributed by atoms with Gasteiger partial charge in [0.1, 0.15) is 12.7 Å². The molecule has 0 radical (unpaired) electrons. The van der Waals surface area contributed by atoms with Gasteiger partial charge in [0.05, 0.1) is 10.5 Å². The third kappa shape index (κ3) is 3.27. The molecule has 118 valence electrons. The standard InChI is InChI=1S/C14H17N3O4S/c1-21-11-14(18)16-6-8-17(9-7-16)22(19,20)13-5-3-2-4-12(13)10-15/h2-5H,6-9,11H2,1H3. The molecule has 1 heterocycles. The van der Waals surface area contributed by atoms with Gasteiger partial charge in [0, 0.05) is 33.3 Å². The highest BCUT2D eigenvalue weighted by molar-refractivity contribution is 7.89. The number of amides is 1. The van der Waals surface area contributed by atoms with Crippen LogP contribution in [0, 0.1) is 11.3 Å². The maximum absolute atomic E-state index is 12.6. The Hall–Kier alpha value is -1.95. The van der Waals surface area contributed by atoms with Gasteiger partial charge in [0.15, 0.2) is 0 Å². The number of hydrogen-bond donors (Lipinski definition) is 0. The number of methoxy groups -OCH3 is 1. The lowest BCUT2D eigenvalue weighted by Crippen LogP contribution is -2.51. The van der Waals surface area contributed by atoms with Gasteiger partial charge in [-0.3, -0.25) is 4.79 Å². The number of rotatable bonds is 4. The molecule has 0 unspecified atom stereocenters. The second-order valence-corrected chi connectivity index (χ2v) is 6.73. The molecular formula is C14H17N3O4S. The number of sulfonamides is 1. The number of hydrogen-bond acceptors (Lipinski definition) is 5. The van der Waals surface area contributed by atoms with Gasteiger partial charge in [-0.2, -0.15) is 9.57 Å². The molecule has 1 aliphatic heterocycles. The molecule has 0 aromatic heterocycles. The summed E-state index contributed by atoms with van der Waals surface area (Å²) in [5, 5.41) is 9.05. The van der Waals surface area contributed by atoms with Gasteiger partial charge in [0.2, 0.25) is 15.9 Å². The fourth-order valence-electron chi connectivity index (χ4n) is 2.32. The van der Waals surface area contributed by atoms with Crippen LogP contribution in [0.5, 0.6) is 0 Å². The topological polar surface area (TPSA) is 90.7 Å². The number of carbonyl (C=O) groups excluding carboxylic acids is 1. The van der Waals surface area contributed by atoms with Crippen LogP contribution >= 0.6 is 0 Å². The largest absolute Gasteiger partial charge is 0.375 e. The number of benzene rings is 1. The summed E-state index contributed by atoms with van der Waals surface area (Å²) in [5.74, 6) is -0.156. The predicted octanol–water partition coefficient (Wildman–Crippen LogP) is 0.0376. The molecule has 0 atom stereocenters. The summed E-state index contributed by atoms with van der Waals surface area (Å²) >= 11 is 0. The van der Waals surface area contributed by atoms with Crippen LogP contribution < -0.4 is 0 Å². The van der Waals surface area contributed by atoms with Crippen molar-refractivity contribution < 1.29 is 17.9 Å². The zero-order chi connectivity index (χ0) is 16.2. The van der Waals surface area contributed by atoms with Crippen LogP contribution in [0.1, 0.15) is 5.56 Å². The Balaban J connectivity index is 2.13. The first-order valence-electron chi connectivity index (χ1n) is 6.76. The van der Waals surface area contributed by atoms with Gasteiger partial charge < -0.3 is 9.64 Å². The van der Waals surface area contributed by atoms with Crippen molar-refractivity contribution in [2.45, 2.75) is 4.90 Å². The van der Waals surface area contributed by atoms with Crippen molar-refractivity contribution in [2.24, 2.45) is 0 Å². The molecule has 0 bridgehead atoms. The van der Waals surface area contributed by atoms with E-state index in [1.807, 2.05) is 6.07 Å². The Morgan fingerprint density at radius 2 is 1.91 bits per heavy atom. The molecule has 22 heavy (non-hydrogen) atoms. The summed E-state index contributed by atoms with van der Waals surface area (Å²) in [6.45, 7) is 1.03. The average Bonchev–Trinajstić information content (AvgIpc) is 2.55. The highest BCUT2D eigenvalue weighted by Gasteiger charge is 2.31. The lowest BCUT2D eigenvalue weighted by molar-refractivity contribution is -0.136. The van der Waals surface area contributed by atoms with E-state index in [0.717, 1.165) is 0 Å². The lowest BCUT2D eigenvalue weighted by Gasteiger charge is -2.34. The Labute approximate surface area is 129 Å². The smallest absolute Gasteiger partial charge is 0.248 e. The first kappa shape index (κ1) is 16.4. The van der Waals surface area contributed by atoms with Crippen LogP contribution in [-0.4, -0.2) is 63.4 Å². The van der Waals surface area contributed by atoms with E-state index >= 15 is 0 Å². The van der Waals surface area contributed by atoms with Crippen molar-refractivity contribution in [3.05, 3.63) is 29.8 Å². The zero-order valence-electron chi connectivity index (χ0n) is 12.2. The number of nitrogens with zero attached hydrogens (tertiary/aromatic N) is 3. The molecule has 0 saturated carbocycles. The lowest BCUT2D eigenvalue weighted by atomic mass is 10.2. The van der Waals surface area contributed by atoms with Crippen molar-refractivity contribution in [1.82, 2.24) is 9.21 Å². The minimum absolute atomic E-state index is 0.00849. The number of ether oxygens (including phenoxy) is 1. The Morgan fingerprint density at radius 3 is 2.50 bits per heavy atom. The second kappa shape index (κ2) is 6.87. The van der Waals surface area contributed by atoms with Gasteiger partial charge in [-0.25, -0.2) is 8.42 Å². The molecule has 7 nitrogen and oxygen atoms in total. The molecule has 0 N–H and O–H groups in total. The van der Waals surface area contributed by atoms with E-state index in [2.05, 4.69) is 0 Å². The quantitative estimate of drug-likeness (QED) is 0.780. The minimum atomic E-state index is -3.72. The maximum atomic E-state index is 12.6. The summed E-state index contributed by atoms with van der Waals surface area (Å²) in [6, 6.07) is 8.02. The van der Waals surface area contributed by atoms with Crippen molar-refractivity contribution >= 4 is 15.9 Å². The monoisotopic (exact) mass is 323 g/mol. The molecule has 0 spiro atoms. The van der Waals surface area contributed by atoms with E-state index in [4.69, 9.17) is 10.00 Å². The molecule has 1 fully saturated rings. The van der Waals surface area contributed by atoms with Gasteiger partial charge >= 0.3 is 0 Å². The second-order valence-electron chi connectivity index (χ2n) is 4.83. The SMILES string of the molecule is COCC(=O)N1CCN(S(=O)(=O)c2ccccc2C#N)CC1. The van der Waals surface area contributed by atoms with Crippen LogP contribution in [0.4, 0.5) is 0 Å². The first-order valence-corrected chi connectivity index (χ1v) is 8.20. The van der Waals surface area contributed by atoms with Crippen LogP contribution in [0.25, 0.3) is 0 Å². The summed E-state index contributed by atoms with van der Waals surface area (Å²) in [7, 11) is -2.28. The van der Waals surface area contributed by atoms with Crippen LogP contribution in [0.2, 0.25) is 0 Å². The fraction of sp³-hybridized carbons (Fsp3) is 0.429. The Morgan fingerprint density at radius 1 is 1.27 bits per heavy atom. The average molecular weight is 323 g/mol. The highest BCUT2D eigenvalue weighted by Crippen LogP contribution is 2.21. The molecule has 1 aliphatic rings. The molecule has 1 aromatic carbocycles. The summed E-state index contributed by atoms with van der Waals surface area (Å²) in [6.07, 6.45) is 0. The van der Waals surface area contributed by atoms with Crippen LogP contribution in [0.15, 0.2) is 29.2 Å². The van der Waals surface area contributed by atoms with Crippen molar-refractivity contribution in [3.8, 4) is 6.07 Å². The van der Waals surface area contributed by atoms with Crippen molar-refractivity contribution in [1.29, 1.82) is 5.26 Å². The maximum Gasteiger partial charge on any atom is 0.248 e.